The number of benzene rings is 1. The minimum Gasteiger partial charge on any atom is -0.454 e. The van der Waals surface area contributed by atoms with E-state index in [4.69, 9.17) is 9.47 Å². The van der Waals surface area contributed by atoms with Gasteiger partial charge in [0.05, 0.1) is 0 Å². The number of aromatic nitrogens is 4. The van der Waals surface area contributed by atoms with Gasteiger partial charge in [-0.25, -0.2) is 0 Å². The molecule has 8 heteroatoms. The Bertz CT molecular complexity index is 654. The van der Waals surface area contributed by atoms with Crippen LogP contribution in [0.4, 0.5) is 5.95 Å². The molecule has 0 fully saturated rings. The van der Waals surface area contributed by atoms with Crippen molar-refractivity contribution in [1.29, 1.82) is 0 Å². The van der Waals surface area contributed by atoms with Gasteiger partial charge < -0.3 is 9.47 Å². The van der Waals surface area contributed by atoms with Gasteiger partial charge in [-0.05, 0) is 41.8 Å². The molecule has 0 radical (unpaired) electrons. The number of H-pyrrole nitrogens is 1. The minimum absolute atomic E-state index is 0.153. The average molecular weight is 287 g/mol. The number of carbonyl (C=O) groups excluding carboxylic acids is 1. The van der Waals surface area contributed by atoms with Crippen molar-refractivity contribution < 1.29 is 14.3 Å². The largest absolute Gasteiger partial charge is 0.454 e. The molecule has 0 unspecified atom stereocenters. The number of aromatic amines is 1. The monoisotopic (exact) mass is 287 g/mol. The highest BCUT2D eigenvalue weighted by Gasteiger charge is 2.12. The number of allylic oxidation sites excluding steroid dienone is 1. The van der Waals surface area contributed by atoms with E-state index in [2.05, 4.69) is 25.9 Å². The fourth-order valence-corrected chi connectivity index (χ4v) is 1.90. The van der Waals surface area contributed by atoms with E-state index in [1.165, 1.54) is 6.08 Å². The van der Waals surface area contributed by atoms with Crippen molar-refractivity contribution in [2.45, 2.75) is 12.8 Å². The standard InChI is InChI=1S/C13H13N5O3/c19-12(14-13-15-17-18-16-13)4-2-1-3-9-5-6-10-11(7-9)21-8-20-10/h2,4-7H,1,3,8H2,(H2,14,15,16,17,18,19). The predicted molar refractivity (Wildman–Crippen MR) is 72.8 cm³/mol. The molecule has 1 amide bonds. The quantitative estimate of drug-likeness (QED) is 0.797. The second-order valence-electron chi connectivity index (χ2n) is 4.35. The smallest absolute Gasteiger partial charge is 0.270 e. The van der Waals surface area contributed by atoms with Gasteiger partial charge in [0.15, 0.2) is 11.5 Å². The molecule has 3 rings (SSSR count). The minimum atomic E-state index is -0.290. The van der Waals surface area contributed by atoms with Crippen LogP contribution in [0.2, 0.25) is 0 Å². The summed E-state index contributed by atoms with van der Waals surface area (Å²) in [6.45, 7) is 0.273. The zero-order valence-corrected chi connectivity index (χ0v) is 11.1. The van der Waals surface area contributed by atoms with Crippen LogP contribution >= 0.6 is 0 Å². The molecule has 108 valence electrons. The molecular weight excluding hydrogens is 274 g/mol. The van der Waals surface area contributed by atoms with E-state index in [9.17, 15) is 4.79 Å². The Labute approximate surface area is 120 Å². The number of hydrogen-bond donors (Lipinski definition) is 2. The Kier molecular flexibility index (Phi) is 3.77. The van der Waals surface area contributed by atoms with E-state index in [1.807, 2.05) is 18.2 Å². The van der Waals surface area contributed by atoms with E-state index >= 15 is 0 Å². The summed E-state index contributed by atoms with van der Waals surface area (Å²) in [4.78, 5) is 11.5. The molecule has 0 aliphatic carbocycles. The maximum absolute atomic E-state index is 11.5. The van der Waals surface area contributed by atoms with Crippen LogP contribution in [0.3, 0.4) is 0 Å². The van der Waals surface area contributed by atoms with E-state index in [0.29, 0.717) is 0 Å². The first-order valence-electron chi connectivity index (χ1n) is 6.41. The number of tetrazole rings is 1. The van der Waals surface area contributed by atoms with Crippen LogP contribution in [0.25, 0.3) is 0 Å². The van der Waals surface area contributed by atoms with E-state index in [0.717, 1.165) is 29.9 Å². The molecule has 0 bridgehead atoms. The normalized spacial score (nSPS) is 12.8. The number of amides is 1. The van der Waals surface area contributed by atoms with Crippen LogP contribution in [0.15, 0.2) is 30.4 Å². The summed E-state index contributed by atoms with van der Waals surface area (Å²) in [6.07, 6.45) is 4.78. The number of fused-ring (bicyclic) bond motifs is 1. The Morgan fingerprint density at radius 1 is 1.38 bits per heavy atom. The number of nitrogens with zero attached hydrogens (tertiary/aromatic N) is 3. The lowest BCUT2D eigenvalue weighted by Crippen LogP contribution is -2.09. The topological polar surface area (TPSA) is 102 Å². The van der Waals surface area contributed by atoms with Gasteiger partial charge in [0, 0.05) is 0 Å². The molecule has 2 N–H and O–H groups in total. The summed E-state index contributed by atoms with van der Waals surface area (Å²) in [5, 5.41) is 15.3. The average Bonchev–Trinajstić information content (AvgIpc) is 3.14. The van der Waals surface area contributed by atoms with Gasteiger partial charge in [0.25, 0.3) is 5.95 Å². The molecule has 21 heavy (non-hydrogen) atoms. The maximum Gasteiger partial charge on any atom is 0.270 e. The zero-order chi connectivity index (χ0) is 14.5. The Balaban J connectivity index is 1.47. The van der Waals surface area contributed by atoms with E-state index in [-0.39, 0.29) is 18.6 Å². The van der Waals surface area contributed by atoms with Crippen molar-refractivity contribution >= 4 is 11.9 Å². The number of aryl methyl sites for hydroxylation is 1. The number of hydrogen-bond acceptors (Lipinski definition) is 6. The van der Waals surface area contributed by atoms with Crippen molar-refractivity contribution in [3.8, 4) is 11.5 Å². The Morgan fingerprint density at radius 2 is 2.29 bits per heavy atom. The van der Waals surface area contributed by atoms with Crippen LogP contribution in [0.1, 0.15) is 12.0 Å². The van der Waals surface area contributed by atoms with E-state index < -0.39 is 0 Å². The number of nitrogens with one attached hydrogen (secondary N) is 2. The molecule has 0 spiro atoms. The molecule has 0 saturated heterocycles. The second-order valence-corrected chi connectivity index (χ2v) is 4.35. The summed E-state index contributed by atoms with van der Waals surface area (Å²) in [7, 11) is 0. The summed E-state index contributed by atoms with van der Waals surface area (Å²) in [5.41, 5.74) is 1.13. The zero-order valence-electron chi connectivity index (χ0n) is 11.1. The molecular formula is C13H13N5O3. The molecule has 0 saturated carbocycles. The summed E-state index contributed by atoms with van der Waals surface area (Å²) >= 11 is 0. The third-order valence-electron chi connectivity index (χ3n) is 2.89. The highest BCUT2D eigenvalue weighted by molar-refractivity contribution is 5.97. The number of anilines is 1. The van der Waals surface area contributed by atoms with Crippen molar-refractivity contribution in [2.24, 2.45) is 0 Å². The number of ether oxygens (including phenoxy) is 2. The summed E-state index contributed by atoms with van der Waals surface area (Å²) < 4.78 is 10.6. The molecule has 1 aromatic heterocycles. The lowest BCUT2D eigenvalue weighted by atomic mass is 10.1. The van der Waals surface area contributed by atoms with Crippen molar-refractivity contribution in [1.82, 2.24) is 20.6 Å². The predicted octanol–water partition coefficient (Wildman–Crippen LogP) is 1.06. The molecule has 2 heterocycles. The van der Waals surface area contributed by atoms with Crippen LogP contribution in [-0.2, 0) is 11.2 Å². The van der Waals surface area contributed by atoms with Gasteiger partial charge in [0.1, 0.15) is 0 Å². The highest BCUT2D eigenvalue weighted by atomic mass is 16.7. The number of rotatable bonds is 5. The highest BCUT2D eigenvalue weighted by Crippen LogP contribution is 2.32. The fourth-order valence-electron chi connectivity index (χ4n) is 1.90. The second kappa shape index (κ2) is 6.04. The van der Waals surface area contributed by atoms with E-state index in [1.54, 1.807) is 6.08 Å². The lowest BCUT2D eigenvalue weighted by Gasteiger charge is -2.00. The van der Waals surface area contributed by atoms with Gasteiger partial charge in [-0.3, -0.25) is 10.1 Å². The molecule has 1 aromatic carbocycles. The van der Waals surface area contributed by atoms with Gasteiger partial charge in [0.2, 0.25) is 12.7 Å². The summed E-state index contributed by atoms with van der Waals surface area (Å²) in [5.74, 6) is 1.41. The van der Waals surface area contributed by atoms with Gasteiger partial charge in [-0.2, -0.15) is 5.21 Å². The van der Waals surface area contributed by atoms with Gasteiger partial charge in [-0.1, -0.05) is 17.2 Å². The van der Waals surface area contributed by atoms with Crippen LogP contribution in [0, 0.1) is 0 Å². The summed E-state index contributed by atoms with van der Waals surface area (Å²) in [6, 6.07) is 5.83. The van der Waals surface area contributed by atoms with Crippen molar-refractivity contribution in [2.75, 3.05) is 12.1 Å². The van der Waals surface area contributed by atoms with Crippen LogP contribution in [-0.4, -0.2) is 33.3 Å². The molecule has 8 nitrogen and oxygen atoms in total. The Hall–Kier alpha value is -2.90. The fraction of sp³-hybridized carbons (Fsp3) is 0.231. The third kappa shape index (κ3) is 3.35. The third-order valence-corrected chi connectivity index (χ3v) is 2.89. The first kappa shape index (κ1) is 13.1. The molecule has 1 aliphatic heterocycles. The number of carbonyl (C=O) groups is 1. The SMILES string of the molecule is O=C(C=CCCc1ccc2c(c1)OCO2)Nc1nn[nH]n1. The maximum atomic E-state index is 11.5. The van der Waals surface area contributed by atoms with Crippen LogP contribution < -0.4 is 14.8 Å². The molecule has 2 aromatic rings. The lowest BCUT2D eigenvalue weighted by molar-refractivity contribution is -0.112. The van der Waals surface area contributed by atoms with Gasteiger partial charge in [-0.15, -0.1) is 5.10 Å². The first-order valence-corrected chi connectivity index (χ1v) is 6.41. The van der Waals surface area contributed by atoms with Gasteiger partial charge >= 0.3 is 0 Å². The molecule has 1 aliphatic rings. The first-order chi connectivity index (χ1) is 10.3. The van der Waals surface area contributed by atoms with Crippen molar-refractivity contribution in [3.63, 3.8) is 0 Å². The Morgan fingerprint density at radius 3 is 3.14 bits per heavy atom. The van der Waals surface area contributed by atoms with Crippen molar-refractivity contribution in [3.05, 3.63) is 35.9 Å². The van der Waals surface area contributed by atoms with Crippen LogP contribution in [0.5, 0.6) is 11.5 Å². The molecule has 0 atom stereocenters.